The van der Waals surface area contributed by atoms with Crippen LogP contribution in [0.1, 0.15) is 31.7 Å². The first-order valence-corrected chi connectivity index (χ1v) is 6.14. The number of ether oxygens (including phenoxy) is 1. The van der Waals surface area contributed by atoms with E-state index in [9.17, 15) is 4.79 Å². The number of carbonyl (C=O) groups is 1. The lowest BCUT2D eigenvalue weighted by Gasteiger charge is -2.08. The molecular formula is C13H17ClO3. The van der Waals surface area contributed by atoms with E-state index in [0.29, 0.717) is 13.0 Å². The number of aryl methyl sites for hydroxylation is 1. The molecule has 1 aromatic carbocycles. The maximum Gasteiger partial charge on any atom is 0.303 e. The lowest BCUT2D eigenvalue weighted by molar-refractivity contribution is -0.137. The van der Waals surface area contributed by atoms with Gasteiger partial charge in [0.25, 0.3) is 0 Å². The maximum absolute atomic E-state index is 10.3. The van der Waals surface area contributed by atoms with Gasteiger partial charge in [-0.3, -0.25) is 4.79 Å². The molecule has 94 valence electrons. The Morgan fingerprint density at radius 2 is 2.18 bits per heavy atom. The number of hydrogen-bond acceptors (Lipinski definition) is 2. The highest BCUT2D eigenvalue weighted by molar-refractivity contribution is 6.31. The zero-order chi connectivity index (χ0) is 12.7. The Hall–Kier alpha value is -1.22. The standard InChI is InChI=1S/C13H17ClO3/c1-2-10-9-11(6-7-12(10)14)17-8-4-3-5-13(15)16/h6-7,9H,2-5,8H2,1H3,(H,15,16). The number of carboxylic acid groups (broad SMARTS) is 1. The van der Waals surface area contributed by atoms with Gasteiger partial charge in [-0.15, -0.1) is 0 Å². The van der Waals surface area contributed by atoms with Gasteiger partial charge in [0.2, 0.25) is 0 Å². The van der Waals surface area contributed by atoms with Crippen LogP contribution in [0.3, 0.4) is 0 Å². The summed E-state index contributed by atoms with van der Waals surface area (Å²) < 4.78 is 5.53. The normalized spacial score (nSPS) is 10.2. The first-order valence-electron chi connectivity index (χ1n) is 5.76. The Labute approximate surface area is 106 Å². The summed E-state index contributed by atoms with van der Waals surface area (Å²) in [6.07, 6.45) is 2.46. The van der Waals surface area contributed by atoms with Crippen molar-refractivity contribution in [2.45, 2.75) is 32.6 Å². The molecule has 4 heteroatoms. The molecule has 0 atom stereocenters. The minimum absolute atomic E-state index is 0.199. The fourth-order valence-electron chi connectivity index (χ4n) is 1.48. The van der Waals surface area contributed by atoms with Gasteiger partial charge in [0.1, 0.15) is 5.75 Å². The van der Waals surface area contributed by atoms with E-state index in [1.165, 1.54) is 0 Å². The molecule has 0 bridgehead atoms. The first-order chi connectivity index (χ1) is 8.13. The number of hydrogen-bond donors (Lipinski definition) is 1. The van der Waals surface area contributed by atoms with Crippen molar-refractivity contribution in [1.29, 1.82) is 0 Å². The summed E-state index contributed by atoms with van der Waals surface area (Å²) in [4.78, 5) is 10.3. The van der Waals surface area contributed by atoms with Crippen LogP contribution in [0.5, 0.6) is 5.75 Å². The lowest BCUT2D eigenvalue weighted by atomic mass is 10.1. The highest BCUT2D eigenvalue weighted by atomic mass is 35.5. The molecule has 3 nitrogen and oxygen atoms in total. The smallest absolute Gasteiger partial charge is 0.303 e. The second kappa shape index (κ2) is 7.17. The van der Waals surface area contributed by atoms with Crippen LogP contribution in [0.2, 0.25) is 5.02 Å². The van der Waals surface area contributed by atoms with Crippen molar-refractivity contribution in [3.8, 4) is 5.75 Å². The number of carboxylic acids is 1. The number of aliphatic carboxylic acids is 1. The summed E-state index contributed by atoms with van der Waals surface area (Å²) in [7, 11) is 0. The van der Waals surface area contributed by atoms with Crippen LogP contribution in [0.25, 0.3) is 0 Å². The van der Waals surface area contributed by atoms with E-state index in [4.69, 9.17) is 21.4 Å². The molecule has 0 fully saturated rings. The van der Waals surface area contributed by atoms with Gasteiger partial charge >= 0.3 is 5.97 Å². The largest absolute Gasteiger partial charge is 0.494 e. The van der Waals surface area contributed by atoms with Crippen molar-refractivity contribution in [3.05, 3.63) is 28.8 Å². The Balaban J connectivity index is 2.34. The van der Waals surface area contributed by atoms with Crippen LogP contribution < -0.4 is 4.74 Å². The molecular weight excluding hydrogens is 240 g/mol. The molecule has 1 rings (SSSR count). The third-order valence-corrected chi connectivity index (χ3v) is 2.82. The average molecular weight is 257 g/mol. The van der Waals surface area contributed by atoms with Crippen molar-refractivity contribution in [3.63, 3.8) is 0 Å². The molecule has 0 aliphatic carbocycles. The molecule has 0 amide bonds. The molecule has 1 N–H and O–H groups in total. The van der Waals surface area contributed by atoms with Crippen LogP contribution in [0.15, 0.2) is 18.2 Å². The average Bonchev–Trinajstić information content (AvgIpc) is 2.30. The van der Waals surface area contributed by atoms with E-state index in [1.54, 1.807) is 0 Å². The Morgan fingerprint density at radius 1 is 1.41 bits per heavy atom. The van der Waals surface area contributed by atoms with Crippen LogP contribution >= 0.6 is 11.6 Å². The van der Waals surface area contributed by atoms with Crippen molar-refractivity contribution >= 4 is 17.6 Å². The molecule has 0 heterocycles. The summed E-state index contributed by atoms with van der Waals surface area (Å²) in [6.45, 7) is 2.58. The van der Waals surface area contributed by atoms with E-state index in [1.807, 2.05) is 25.1 Å². The third kappa shape index (κ3) is 5.09. The van der Waals surface area contributed by atoms with Crippen LogP contribution in [0.4, 0.5) is 0 Å². The fraction of sp³-hybridized carbons (Fsp3) is 0.462. The quantitative estimate of drug-likeness (QED) is 0.759. The molecule has 17 heavy (non-hydrogen) atoms. The SMILES string of the molecule is CCc1cc(OCCCCC(=O)O)ccc1Cl. The van der Waals surface area contributed by atoms with Gasteiger partial charge in [0.15, 0.2) is 0 Å². The Kier molecular flexibility index (Phi) is 5.84. The first kappa shape index (κ1) is 13.8. The van der Waals surface area contributed by atoms with Crippen LogP contribution in [0, 0.1) is 0 Å². The minimum atomic E-state index is -0.759. The predicted molar refractivity (Wildman–Crippen MR) is 67.8 cm³/mol. The molecule has 0 saturated carbocycles. The molecule has 0 aliphatic rings. The molecule has 1 aromatic rings. The van der Waals surface area contributed by atoms with E-state index in [2.05, 4.69) is 0 Å². The van der Waals surface area contributed by atoms with Gasteiger partial charge in [-0.1, -0.05) is 18.5 Å². The summed E-state index contributed by atoms with van der Waals surface area (Å²) in [6, 6.07) is 5.59. The molecule has 0 aromatic heterocycles. The van der Waals surface area contributed by atoms with E-state index < -0.39 is 5.97 Å². The van der Waals surface area contributed by atoms with Crippen molar-refractivity contribution in [2.24, 2.45) is 0 Å². The zero-order valence-electron chi connectivity index (χ0n) is 9.91. The van der Waals surface area contributed by atoms with E-state index in [0.717, 1.165) is 29.2 Å². The second-order valence-corrected chi connectivity index (χ2v) is 4.21. The van der Waals surface area contributed by atoms with Gasteiger partial charge in [0, 0.05) is 11.4 Å². The minimum Gasteiger partial charge on any atom is -0.494 e. The fourth-order valence-corrected chi connectivity index (χ4v) is 1.73. The summed E-state index contributed by atoms with van der Waals surface area (Å²) in [5.74, 6) is 0.0336. The van der Waals surface area contributed by atoms with Gasteiger partial charge in [-0.25, -0.2) is 0 Å². The van der Waals surface area contributed by atoms with Crippen molar-refractivity contribution in [2.75, 3.05) is 6.61 Å². The van der Waals surface area contributed by atoms with Crippen LogP contribution in [-0.4, -0.2) is 17.7 Å². The number of rotatable bonds is 7. The highest BCUT2D eigenvalue weighted by Crippen LogP contribution is 2.22. The molecule has 0 spiro atoms. The highest BCUT2D eigenvalue weighted by Gasteiger charge is 2.01. The number of halogens is 1. The van der Waals surface area contributed by atoms with E-state index >= 15 is 0 Å². The van der Waals surface area contributed by atoms with Crippen molar-refractivity contribution < 1.29 is 14.6 Å². The van der Waals surface area contributed by atoms with Gasteiger partial charge in [0.05, 0.1) is 6.61 Å². The zero-order valence-corrected chi connectivity index (χ0v) is 10.7. The summed E-state index contributed by atoms with van der Waals surface area (Å²) >= 11 is 5.99. The second-order valence-electron chi connectivity index (χ2n) is 3.81. The van der Waals surface area contributed by atoms with Crippen molar-refractivity contribution in [1.82, 2.24) is 0 Å². The Morgan fingerprint density at radius 3 is 2.82 bits per heavy atom. The Bertz CT molecular complexity index is 377. The topological polar surface area (TPSA) is 46.5 Å². The molecule has 0 aliphatic heterocycles. The van der Waals surface area contributed by atoms with Crippen LogP contribution in [-0.2, 0) is 11.2 Å². The number of benzene rings is 1. The molecule has 0 radical (unpaired) electrons. The number of unbranched alkanes of at least 4 members (excludes halogenated alkanes) is 1. The lowest BCUT2D eigenvalue weighted by Crippen LogP contribution is -2.00. The van der Waals surface area contributed by atoms with Gasteiger partial charge in [-0.05, 0) is 43.0 Å². The van der Waals surface area contributed by atoms with Gasteiger partial charge < -0.3 is 9.84 Å². The molecule has 0 saturated heterocycles. The summed E-state index contributed by atoms with van der Waals surface area (Å²) in [5.41, 5.74) is 1.06. The monoisotopic (exact) mass is 256 g/mol. The maximum atomic E-state index is 10.3. The summed E-state index contributed by atoms with van der Waals surface area (Å²) in [5, 5.41) is 9.23. The third-order valence-electron chi connectivity index (χ3n) is 2.45. The van der Waals surface area contributed by atoms with E-state index in [-0.39, 0.29) is 6.42 Å². The molecule has 0 unspecified atom stereocenters. The van der Waals surface area contributed by atoms with Gasteiger partial charge in [-0.2, -0.15) is 0 Å². The predicted octanol–water partition coefficient (Wildman–Crippen LogP) is 3.54.